The van der Waals surface area contributed by atoms with Crippen LogP contribution in [0.25, 0.3) is 0 Å². The van der Waals surface area contributed by atoms with Gasteiger partial charge in [-0.25, -0.2) is 0 Å². The molecule has 18 heavy (non-hydrogen) atoms. The van der Waals surface area contributed by atoms with E-state index in [0.717, 1.165) is 11.3 Å². The minimum absolute atomic E-state index is 0.169. The van der Waals surface area contributed by atoms with Gasteiger partial charge in [0.2, 0.25) is 0 Å². The molecule has 0 spiro atoms. The van der Waals surface area contributed by atoms with Gasteiger partial charge in [-0.1, -0.05) is 44.6 Å². The summed E-state index contributed by atoms with van der Waals surface area (Å²) in [6.45, 7) is 8.83. The van der Waals surface area contributed by atoms with Gasteiger partial charge in [-0.15, -0.1) is 0 Å². The van der Waals surface area contributed by atoms with E-state index >= 15 is 0 Å². The first kappa shape index (κ1) is 15.3. The molecule has 0 aliphatic rings. The zero-order chi connectivity index (χ0) is 14.1. The van der Waals surface area contributed by atoms with E-state index in [1.54, 1.807) is 0 Å². The van der Waals surface area contributed by atoms with E-state index in [1.807, 2.05) is 18.2 Å². The fraction of sp³-hybridized carbons (Fsp3) is 0.500. The largest absolute Gasteiger partial charge is 0.389 e. The van der Waals surface area contributed by atoms with Crippen molar-refractivity contribution in [3.63, 3.8) is 0 Å². The normalized spacial score (nSPS) is 13.2. The van der Waals surface area contributed by atoms with E-state index in [1.165, 1.54) is 0 Å². The molecule has 4 heteroatoms. The lowest BCUT2D eigenvalue weighted by Crippen LogP contribution is -2.40. The van der Waals surface area contributed by atoms with Gasteiger partial charge in [0.1, 0.15) is 4.99 Å². The third kappa shape index (κ3) is 3.36. The molecular formula is C14H21ClN2S. The van der Waals surface area contributed by atoms with Crippen LogP contribution in [-0.4, -0.2) is 18.1 Å². The highest BCUT2D eigenvalue weighted by atomic mass is 35.5. The Bertz CT molecular complexity index is 452. The number of benzene rings is 1. The summed E-state index contributed by atoms with van der Waals surface area (Å²) in [6, 6.07) is 6.01. The van der Waals surface area contributed by atoms with Crippen molar-refractivity contribution in [3.8, 4) is 0 Å². The number of hydrogen-bond donors (Lipinski definition) is 1. The highest BCUT2D eigenvalue weighted by Gasteiger charge is 2.25. The lowest BCUT2D eigenvalue weighted by atomic mass is 9.86. The number of nitrogens with zero attached hydrogens (tertiary/aromatic N) is 1. The van der Waals surface area contributed by atoms with Crippen molar-refractivity contribution in [2.45, 2.75) is 33.7 Å². The van der Waals surface area contributed by atoms with Crippen LogP contribution in [0.15, 0.2) is 18.2 Å². The van der Waals surface area contributed by atoms with Gasteiger partial charge in [0.15, 0.2) is 0 Å². The Balaban J connectivity index is 3.21. The molecule has 2 nitrogen and oxygen atoms in total. The van der Waals surface area contributed by atoms with Crippen LogP contribution in [0, 0.1) is 5.41 Å². The number of halogens is 1. The van der Waals surface area contributed by atoms with E-state index in [2.05, 4.69) is 39.6 Å². The fourth-order valence-corrected chi connectivity index (χ4v) is 2.14. The molecule has 0 saturated heterocycles. The van der Waals surface area contributed by atoms with Crippen molar-refractivity contribution >= 4 is 34.5 Å². The fourth-order valence-electron chi connectivity index (χ4n) is 1.80. The first-order valence-electron chi connectivity index (χ1n) is 5.96. The van der Waals surface area contributed by atoms with Gasteiger partial charge in [0.25, 0.3) is 0 Å². The monoisotopic (exact) mass is 284 g/mol. The van der Waals surface area contributed by atoms with E-state index in [0.29, 0.717) is 16.1 Å². The average molecular weight is 285 g/mol. The number of hydrogen-bond acceptors (Lipinski definition) is 2. The molecule has 0 aliphatic carbocycles. The van der Waals surface area contributed by atoms with Crippen LogP contribution in [0.2, 0.25) is 5.02 Å². The number of anilines is 1. The number of nitrogens with two attached hydrogens (primary N) is 1. The molecule has 1 unspecified atom stereocenters. The molecule has 2 N–H and O–H groups in total. The summed E-state index contributed by atoms with van der Waals surface area (Å²) in [7, 11) is 2.06. The smallest absolute Gasteiger partial charge is 0.106 e. The zero-order valence-electron chi connectivity index (χ0n) is 11.6. The second-order valence-corrected chi connectivity index (χ2v) is 6.55. The van der Waals surface area contributed by atoms with Crippen LogP contribution < -0.4 is 10.6 Å². The van der Waals surface area contributed by atoms with Crippen LogP contribution in [0.5, 0.6) is 0 Å². The van der Waals surface area contributed by atoms with E-state index in [9.17, 15) is 0 Å². The van der Waals surface area contributed by atoms with Crippen molar-refractivity contribution < 1.29 is 0 Å². The molecule has 1 rings (SSSR count). The highest BCUT2D eigenvalue weighted by molar-refractivity contribution is 7.80. The van der Waals surface area contributed by atoms with Crippen molar-refractivity contribution in [2.75, 3.05) is 11.9 Å². The molecule has 0 aromatic heterocycles. The summed E-state index contributed by atoms with van der Waals surface area (Å²) in [5.74, 6) is 0. The topological polar surface area (TPSA) is 29.3 Å². The van der Waals surface area contributed by atoms with Crippen LogP contribution in [0.4, 0.5) is 5.69 Å². The van der Waals surface area contributed by atoms with Crippen molar-refractivity contribution in [2.24, 2.45) is 11.1 Å². The van der Waals surface area contributed by atoms with Crippen molar-refractivity contribution in [1.29, 1.82) is 0 Å². The summed E-state index contributed by atoms with van der Waals surface area (Å²) in [5.41, 5.74) is 7.80. The maximum absolute atomic E-state index is 6.00. The number of thiocarbonyl (C=S) groups is 1. The Kier molecular flexibility index (Phi) is 4.62. The molecule has 0 fully saturated rings. The van der Waals surface area contributed by atoms with Gasteiger partial charge >= 0.3 is 0 Å². The number of rotatable bonds is 3. The predicted molar refractivity (Wildman–Crippen MR) is 84.7 cm³/mol. The standard InChI is InChI=1S/C14H21ClN2S/c1-9(14(2,3)4)17(5)12-7-6-10(15)8-11(12)13(16)18/h6-9H,1-5H3,(H2,16,18). The van der Waals surface area contributed by atoms with Gasteiger partial charge in [0.05, 0.1) is 0 Å². The van der Waals surface area contributed by atoms with Crippen LogP contribution in [0.1, 0.15) is 33.3 Å². The quantitative estimate of drug-likeness (QED) is 0.855. The highest BCUT2D eigenvalue weighted by Crippen LogP contribution is 2.30. The van der Waals surface area contributed by atoms with Crippen molar-refractivity contribution in [3.05, 3.63) is 28.8 Å². The summed E-state index contributed by atoms with van der Waals surface area (Å²) < 4.78 is 0. The Morgan fingerprint density at radius 1 is 1.39 bits per heavy atom. The Morgan fingerprint density at radius 3 is 2.39 bits per heavy atom. The molecule has 1 aromatic rings. The Morgan fingerprint density at radius 2 is 1.94 bits per heavy atom. The lowest BCUT2D eigenvalue weighted by molar-refractivity contribution is 0.329. The molecule has 0 heterocycles. The van der Waals surface area contributed by atoms with Crippen LogP contribution >= 0.6 is 23.8 Å². The second-order valence-electron chi connectivity index (χ2n) is 5.68. The average Bonchev–Trinajstić information content (AvgIpc) is 2.25. The van der Waals surface area contributed by atoms with Gasteiger partial charge in [-0.2, -0.15) is 0 Å². The first-order chi connectivity index (χ1) is 8.14. The maximum atomic E-state index is 6.00. The SMILES string of the molecule is CC(N(C)c1ccc(Cl)cc1C(N)=S)C(C)(C)C. The van der Waals surface area contributed by atoms with Gasteiger partial charge in [0, 0.05) is 29.4 Å². The molecule has 0 aliphatic heterocycles. The summed E-state index contributed by atoms with van der Waals surface area (Å²) >= 11 is 11.1. The third-order valence-corrected chi connectivity index (χ3v) is 3.89. The zero-order valence-corrected chi connectivity index (χ0v) is 13.2. The molecule has 0 amide bonds. The molecule has 0 saturated carbocycles. The van der Waals surface area contributed by atoms with Crippen LogP contribution in [-0.2, 0) is 0 Å². The molecular weight excluding hydrogens is 264 g/mol. The predicted octanol–water partition coefficient (Wildman–Crippen LogP) is 3.85. The van der Waals surface area contributed by atoms with Gasteiger partial charge < -0.3 is 10.6 Å². The minimum atomic E-state index is 0.169. The summed E-state index contributed by atoms with van der Waals surface area (Å²) in [5, 5.41) is 0.651. The third-order valence-electron chi connectivity index (χ3n) is 3.44. The van der Waals surface area contributed by atoms with E-state index in [-0.39, 0.29) is 5.41 Å². The van der Waals surface area contributed by atoms with E-state index < -0.39 is 0 Å². The lowest BCUT2D eigenvalue weighted by Gasteiger charge is -2.37. The Labute approximate surface area is 120 Å². The van der Waals surface area contributed by atoms with E-state index in [4.69, 9.17) is 29.6 Å². The Hall–Kier alpha value is -0.800. The molecule has 1 atom stereocenters. The molecule has 100 valence electrons. The summed E-state index contributed by atoms with van der Waals surface area (Å²) in [4.78, 5) is 2.57. The second kappa shape index (κ2) is 5.45. The molecule has 0 radical (unpaired) electrons. The summed E-state index contributed by atoms with van der Waals surface area (Å²) in [6.07, 6.45) is 0. The van der Waals surface area contributed by atoms with Gasteiger partial charge in [-0.3, -0.25) is 0 Å². The van der Waals surface area contributed by atoms with Crippen molar-refractivity contribution in [1.82, 2.24) is 0 Å². The maximum Gasteiger partial charge on any atom is 0.106 e. The first-order valence-corrected chi connectivity index (χ1v) is 6.75. The minimum Gasteiger partial charge on any atom is -0.389 e. The van der Waals surface area contributed by atoms with Crippen LogP contribution in [0.3, 0.4) is 0 Å². The molecule has 1 aromatic carbocycles. The van der Waals surface area contributed by atoms with Gasteiger partial charge in [-0.05, 0) is 30.5 Å². The molecule has 0 bridgehead atoms.